The number of unbranched alkanes of at least 4 members (excludes halogenated alkanes) is 1. The highest BCUT2D eigenvalue weighted by Crippen LogP contribution is 2.20. The Bertz CT molecular complexity index is 269. The van der Waals surface area contributed by atoms with Gasteiger partial charge in [0.2, 0.25) is 0 Å². The number of carbonyl (C=O) groups excluding carboxylic acids is 1. The quantitative estimate of drug-likeness (QED) is 0.729. The predicted octanol–water partition coefficient (Wildman–Crippen LogP) is 2.80. The van der Waals surface area contributed by atoms with Crippen LogP contribution in [0.25, 0.3) is 0 Å². The summed E-state index contributed by atoms with van der Waals surface area (Å²) in [5, 5.41) is 3.01. The molecule has 1 rings (SSSR count). The van der Waals surface area contributed by atoms with Crippen LogP contribution >= 0.6 is 0 Å². The molecule has 0 aromatic carbocycles. The number of nitrogens with zero attached hydrogens (tertiary/aromatic N) is 2. The molecule has 1 heterocycles. The summed E-state index contributed by atoms with van der Waals surface area (Å²) in [5.74, 6) is 1.67. The molecule has 0 spiro atoms. The van der Waals surface area contributed by atoms with Crippen molar-refractivity contribution in [2.45, 2.75) is 47.0 Å². The number of hydrogen-bond donors (Lipinski definition) is 1. The van der Waals surface area contributed by atoms with Crippen molar-refractivity contribution in [2.24, 2.45) is 11.8 Å². The van der Waals surface area contributed by atoms with Crippen LogP contribution in [0.1, 0.15) is 47.0 Å². The minimum atomic E-state index is 0.0789. The predicted molar refractivity (Wildman–Crippen MR) is 84.9 cm³/mol. The van der Waals surface area contributed by atoms with Crippen LogP contribution in [0.5, 0.6) is 0 Å². The first-order valence-corrected chi connectivity index (χ1v) is 8.31. The molecule has 1 saturated heterocycles. The molecular formula is C16H33N3O. The number of carbonyl (C=O) groups is 1. The summed E-state index contributed by atoms with van der Waals surface area (Å²) in [6, 6.07) is 0.0789. The first-order valence-electron chi connectivity index (χ1n) is 8.31. The molecule has 0 aromatic rings. The second-order valence-corrected chi connectivity index (χ2v) is 6.32. The number of urea groups is 1. The largest absolute Gasteiger partial charge is 0.338 e. The zero-order valence-electron chi connectivity index (χ0n) is 13.8. The molecule has 118 valence electrons. The summed E-state index contributed by atoms with van der Waals surface area (Å²) in [6.45, 7) is 14.8. The Morgan fingerprint density at radius 1 is 1.15 bits per heavy atom. The van der Waals surface area contributed by atoms with Gasteiger partial charge in [-0.1, -0.05) is 13.8 Å². The highest BCUT2D eigenvalue weighted by molar-refractivity contribution is 5.73. The molecule has 1 aliphatic rings. The van der Waals surface area contributed by atoms with E-state index in [1.165, 1.54) is 32.5 Å². The molecule has 2 atom stereocenters. The van der Waals surface area contributed by atoms with Gasteiger partial charge in [-0.3, -0.25) is 0 Å². The van der Waals surface area contributed by atoms with Gasteiger partial charge in [0.05, 0.1) is 0 Å². The van der Waals surface area contributed by atoms with Gasteiger partial charge in [0.1, 0.15) is 0 Å². The number of likely N-dealkylation sites (tertiary alicyclic amines) is 1. The van der Waals surface area contributed by atoms with E-state index in [9.17, 15) is 4.79 Å². The Morgan fingerprint density at radius 2 is 1.75 bits per heavy atom. The standard InChI is InChI=1S/C16H33N3O/c1-5-19(6-2)16(20)17-9-7-8-10-18-12-14(3)11-15(4)13-18/h14-15H,5-13H2,1-4H3,(H,17,20). The number of hydrogen-bond acceptors (Lipinski definition) is 2. The normalized spacial score (nSPS) is 23.6. The van der Waals surface area contributed by atoms with E-state index in [1.807, 2.05) is 18.7 Å². The van der Waals surface area contributed by atoms with E-state index in [0.717, 1.165) is 37.9 Å². The van der Waals surface area contributed by atoms with Crippen LogP contribution in [0.2, 0.25) is 0 Å². The van der Waals surface area contributed by atoms with Gasteiger partial charge in [0, 0.05) is 32.7 Å². The van der Waals surface area contributed by atoms with Crippen molar-refractivity contribution >= 4 is 6.03 Å². The number of rotatable bonds is 7. The zero-order valence-corrected chi connectivity index (χ0v) is 13.8. The molecule has 4 nitrogen and oxygen atoms in total. The van der Waals surface area contributed by atoms with E-state index in [1.54, 1.807) is 0 Å². The maximum atomic E-state index is 11.8. The van der Waals surface area contributed by atoms with E-state index in [4.69, 9.17) is 0 Å². The lowest BCUT2D eigenvalue weighted by molar-refractivity contribution is 0.139. The first kappa shape index (κ1) is 17.3. The van der Waals surface area contributed by atoms with Gasteiger partial charge in [0.25, 0.3) is 0 Å². The smallest absolute Gasteiger partial charge is 0.317 e. The molecule has 0 aliphatic carbocycles. The first-order chi connectivity index (χ1) is 9.56. The molecule has 0 bridgehead atoms. The van der Waals surface area contributed by atoms with Crippen LogP contribution in [0.15, 0.2) is 0 Å². The molecule has 2 unspecified atom stereocenters. The summed E-state index contributed by atoms with van der Waals surface area (Å²) in [7, 11) is 0. The summed E-state index contributed by atoms with van der Waals surface area (Å²) < 4.78 is 0. The molecule has 1 N–H and O–H groups in total. The molecule has 20 heavy (non-hydrogen) atoms. The Morgan fingerprint density at radius 3 is 2.30 bits per heavy atom. The zero-order chi connectivity index (χ0) is 15.0. The average molecular weight is 283 g/mol. The summed E-state index contributed by atoms with van der Waals surface area (Å²) >= 11 is 0. The van der Waals surface area contributed by atoms with Crippen molar-refractivity contribution in [1.29, 1.82) is 0 Å². The molecule has 0 radical (unpaired) electrons. The SMILES string of the molecule is CCN(CC)C(=O)NCCCCN1CC(C)CC(C)C1. The fourth-order valence-corrected chi connectivity index (χ4v) is 3.25. The van der Waals surface area contributed by atoms with Crippen molar-refractivity contribution in [1.82, 2.24) is 15.1 Å². The lowest BCUT2D eigenvalue weighted by atomic mass is 9.92. The molecule has 1 fully saturated rings. The number of piperidine rings is 1. The van der Waals surface area contributed by atoms with Crippen molar-refractivity contribution < 1.29 is 4.79 Å². The Kier molecular flexibility index (Phi) is 7.97. The van der Waals surface area contributed by atoms with Gasteiger partial charge in [-0.15, -0.1) is 0 Å². The summed E-state index contributed by atoms with van der Waals surface area (Å²) in [6.07, 6.45) is 3.63. The highest BCUT2D eigenvalue weighted by Gasteiger charge is 2.20. The lowest BCUT2D eigenvalue weighted by Gasteiger charge is -2.34. The van der Waals surface area contributed by atoms with Gasteiger partial charge in [-0.25, -0.2) is 4.79 Å². The van der Waals surface area contributed by atoms with E-state index in [0.29, 0.717) is 0 Å². The number of amides is 2. The molecule has 0 aromatic heterocycles. The van der Waals surface area contributed by atoms with Crippen molar-refractivity contribution in [3.63, 3.8) is 0 Å². The Hall–Kier alpha value is -0.770. The van der Waals surface area contributed by atoms with Gasteiger partial charge < -0.3 is 15.1 Å². The summed E-state index contributed by atoms with van der Waals surface area (Å²) in [5.41, 5.74) is 0. The third-order valence-corrected chi connectivity index (χ3v) is 4.17. The highest BCUT2D eigenvalue weighted by atomic mass is 16.2. The minimum Gasteiger partial charge on any atom is -0.338 e. The topological polar surface area (TPSA) is 35.6 Å². The third kappa shape index (κ3) is 6.12. The maximum absolute atomic E-state index is 11.8. The van der Waals surface area contributed by atoms with E-state index >= 15 is 0 Å². The van der Waals surface area contributed by atoms with Crippen LogP contribution in [-0.2, 0) is 0 Å². The molecular weight excluding hydrogens is 250 g/mol. The fraction of sp³-hybridized carbons (Fsp3) is 0.938. The fourth-order valence-electron chi connectivity index (χ4n) is 3.25. The van der Waals surface area contributed by atoms with Gasteiger partial charge >= 0.3 is 6.03 Å². The average Bonchev–Trinajstić information content (AvgIpc) is 2.38. The van der Waals surface area contributed by atoms with Crippen LogP contribution in [0.4, 0.5) is 4.79 Å². The van der Waals surface area contributed by atoms with Crippen LogP contribution in [-0.4, -0.2) is 55.1 Å². The van der Waals surface area contributed by atoms with Crippen molar-refractivity contribution in [3.05, 3.63) is 0 Å². The third-order valence-electron chi connectivity index (χ3n) is 4.17. The maximum Gasteiger partial charge on any atom is 0.317 e. The van der Waals surface area contributed by atoms with E-state index in [-0.39, 0.29) is 6.03 Å². The van der Waals surface area contributed by atoms with Crippen LogP contribution in [0.3, 0.4) is 0 Å². The molecule has 4 heteroatoms. The summed E-state index contributed by atoms with van der Waals surface area (Å²) in [4.78, 5) is 16.2. The number of nitrogens with one attached hydrogen (secondary N) is 1. The Balaban J connectivity index is 2.08. The molecule has 1 aliphatic heterocycles. The van der Waals surface area contributed by atoms with Crippen molar-refractivity contribution in [3.8, 4) is 0 Å². The Labute approximate surface area is 124 Å². The van der Waals surface area contributed by atoms with Crippen LogP contribution in [0, 0.1) is 11.8 Å². The second kappa shape index (κ2) is 9.22. The van der Waals surface area contributed by atoms with Crippen molar-refractivity contribution in [2.75, 3.05) is 39.3 Å². The van der Waals surface area contributed by atoms with Crippen LogP contribution < -0.4 is 5.32 Å². The van der Waals surface area contributed by atoms with E-state index < -0.39 is 0 Å². The molecule has 2 amide bonds. The van der Waals surface area contributed by atoms with E-state index in [2.05, 4.69) is 24.1 Å². The molecule has 0 saturated carbocycles. The van der Waals surface area contributed by atoms with Gasteiger partial charge in [-0.2, -0.15) is 0 Å². The monoisotopic (exact) mass is 283 g/mol. The van der Waals surface area contributed by atoms with Gasteiger partial charge in [0.15, 0.2) is 0 Å². The minimum absolute atomic E-state index is 0.0789. The van der Waals surface area contributed by atoms with Gasteiger partial charge in [-0.05, 0) is 51.5 Å². The lowest BCUT2D eigenvalue weighted by Crippen LogP contribution is -2.41. The second-order valence-electron chi connectivity index (χ2n) is 6.32.